The lowest BCUT2D eigenvalue weighted by atomic mass is 9.73. The number of rotatable bonds is 42. The molecule has 3 aromatic rings. The molecule has 0 spiro atoms. The Morgan fingerprint density at radius 1 is 0.382 bits per heavy atom. The minimum absolute atomic E-state index is 0.0342. The molecule has 0 unspecified atom stereocenters. The number of carboxylic acids is 3. The lowest BCUT2D eigenvalue weighted by molar-refractivity contribution is -0.149. The van der Waals surface area contributed by atoms with Crippen LogP contribution in [0.2, 0.25) is 0 Å². The second-order valence-electron chi connectivity index (χ2n) is 29.8. The van der Waals surface area contributed by atoms with Crippen molar-refractivity contribution in [2.75, 3.05) is 39.6 Å². The monoisotopic (exact) mass is 1430 g/mol. The van der Waals surface area contributed by atoms with Crippen LogP contribution in [0.1, 0.15) is 228 Å². The minimum atomic E-state index is -1.02. The van der Waals surface area contributed by atoms with Gasteiger partial charge >= 0.3 is 35.8 Å². The molecule has 0 bridgehead atoms. The van der Waals surface area contributed by atoms with Gasteiger partial charge in [-0.25, -0.2) is 14.4 Å². The standard InChI is InChI=1S/C28H42O7.C27H40O7.C26H38O7/c1-2-3-4-9-21(29)12-13-22-23-15-19-8-7-10-26(24(19)16-20(23)17-25(22)30)35-18-28(33)34-14-6-5-11-27(31)32;1-2-3-4-8-20(28)11-12-21-22-14-18-7-5-9-25(23(18)15-19(22)16-24(21)29)34-17-27(32)33-13-6-10-26(30)31;1-2-3-4-7-19(27)9-10-20-21-13-17-6-5-8-24(22(17)14-18(21)15-23(20)28)33-16-26(31)32-12-11-25(29)30/h7-8,10,20-23,25,29-30H,2-6,9,11-18H2,1H3,(H,31,32);5,7,9,19-22,24,28-29H,2-4,6,8,10-17H2,1H3,(H,30,31);5-6,8,18-21,23,27-28H,2-4,7,9-16H2,1H3,(H,29,30)/t20-,21-,22+,23-,25+;19-,20-,21+,22-,24+;18-,19-,20+,21-,23+/m000/s1. The first kappa shape index (κ1) is 82.9. The van der Waals surface area contributed by atoms with Crippen LogP contribution in [0.25, 0.3) is 0 Å². The van der Waals surface area contributed by atoms with Gasteiger partial charge in [0.1, 0.15) is 23.9 Å². The van der Waals surface area contributed by atoms with Gasteiger partial charge in [0.05, 0.1) is 56.3 Å². The molecule has 3 fully saturated rings. The predicted molar refractivity (Wildman–Crippen MR) is 383 cm³/mol. The molecule has 15 atom stereocenters. The van der Waals surface area contributed by atoms with Gasteiger partial charge in [0.2, 0.25) is 0 Å². The van der Waals surface area contributed by atoms with Crippen LogP contribution in [0.3, 0.4) is 0 Å². The molecular weight excluding hydrogens is 1310 g/mol. The number of carbonyl (C=O) groups is 6. The first-order valence-corrected chi connectivity index (χ1v) is 38.6. The summed E-state index contributed by atoms with van der Waals surface area (Å²) in [5, 5.41) is 89.4. The van der Waals surface area contributed by atoms with E-state index in [4.69, 9.17) is 43.7 Å². The molecule has 6 aliphatic carbocycles. The number of carbonyl (C=O) groups excluding carboxylic acids is 3. The minimum Gasteiger partial charge on any atom is -0.482 e. The molecule has 9 N–H and O–H groups in total. The third-order valence-corrected chi connectivity index (χ3v) is 22.4. The summed E-state index contributed by atoms with van der Waals surface area (Å²) in [4.78, 5) is 67.4. The summed E-state index contributed by atoms with van der Waals surface area (Å²) in [7, 11) is 0. The topological polar surface area (TPSA) is 340 Å². The highest BCUT2D eigenvalue weighted by Crippen LogP contribution is 2.52. The van der Waals surface area contributed by atoms with Crippen LogP contribution < -0.4 is 14.2 Å². The molecule has 3 saturated carbocycles. The fourth-order valence-corrected chi connectivity index (χ4v) is 17.1. The summed E-state index contributed by atoms with van der Waals surface area (Å²) in [6.45, 7) is 5.94. The van der Waals surface area contributed by atoms with E-state index in [1.54, 1.807) is 0 Å². The van der Waals surface area contributed by atoms with E-state index in [2.05, 4.69) is 39.0 Å². The van der Waals surface area contributed by atoms with Crippen molar-refractivity contribution in [1.82, 2.24) is 0 Å². The Morgan fingerprint density at radius 2 is 0.696 bits per heavy atom. The maximum atomic E-state index is 12.0. The number of aliphatic carboxylic acids is 3. The van der Waals surface area contributed by atoms with Crippen LogP contribution in [-0.4, -0.2) is 158 Å². The number of unbranched alkanes of at least 4 members (excludes halogenated alkanes) is 7. The van der Waals surface area contributed by atoms with E-state index < -0.39 is 35.8 Å². The van der Waals surface area contributed by atoms with E-state index in [1.807, 2.05) is 36.4 Å². The van der Waals surface area contributed by atoms with E-state index in [9.17, 15) is 59.4 Å². The Labute approximate surface area is 603 Å². The number of ether oxygens (including phenoxy) is 6. The second-order valence-corrected chi connectivity index (χ2v) is 29.8. The van der Waals surface area contributed by atoms with Crippen molar-refractivity contribution in [3.05, 3.63) is 88.0 Å². The van der Waals surface area contributed by atoms with Gasteiger partial charge in [0, 0.05) is 12.8 Å². The van der Waals surface area contributed by atoms with Crippen molar-refractivity contribution < 1.29 is 103 Å². The molecule has 570 valence electrons. The maximum Gasteiger partial charge on any atom is 0.344 e. The van der Waals surface area contributed by atoms with Crippen molar-refractivity contribution in [1.29, 1.82) is 0 Å². The third-order valence-electron chi connectivity index (χ3n) is 22.4. The molecule has 0 aromatic heterocycles. The van der Waals surface area contributed by atoms with E-state index >= 15 is 0 Å². The van der Waals surface area contributed by atoms with Crippen molar-refractivity contribution >= 4 is 35.8 Å². The first-order chi connectivity index (χ1) is 49.2. The number of aliphatic hydroxyl groups excluding tert-OH is 6. The number of aliphatic hydroxyl groups is 6. The first-order valence-electron chi connectivity index (χ1n) is 38.6. The van der Waals surface area contributed by atoms with Crippen LogP contribution >= 0.6 is 0 Å². The van der Waals surface area contributed by atoms with Crippen molar-refractivity contribution in [3.8, 4) is 17.2 Å². The normalized spacial score (nSPS) is 24.2. The smallest absolute Gasteiger partial charge is 0.344 e. The molecule has 9 rings (SSSR count). The van der Waals surface area contributed by atoms with Gasteiger partial charge in [0.15, 0.2) is 19.8 Å². The zero-order chi connectivity index (χ0) is 73.5. The number of fused-ring (bicyclic) bond motifs is 6. The van der Waals surface area contributed by atoms with Crippen LogP contribution in [0.15, 0.2) is 54.6 Å². The molecule has 0 heterocycles. The summed E-state index contributed by atoms with van der Waals surface area (Å²) in [6, 6.07) is 17.7. The van der Waals surface area contributed by atoms with Gasteiger partial charge in [-0.15, -0.1) is 0 Å². The molecule has 0 amide bonds. The van der Waals surface area contributed by atoms with Crippen molar-refractivity contribution in [2.45, 2.75) is 269 Å². The lowest BCUT2D eigenvalue weighted by Gasteiger charge is -2.32. The quantitative estimate of drug-likeness (QED) is 0.0144. The van der Waals surface area contributed by atoms with E-state index in [0.29, 0.717) is 65.6 Å². The largest absolute Gasteiger partial charge is 0.482 e. The average molecular weight is 1430 g/mol. The fourth-order valence-electron chi connectivity index (χ4n) is 17.1. The zero-order valence-corrected chi connectivity index (χ0v) is 60.9. The molecular formula is C81H120O21. The van der Waals surface area contributed by atoms with Gasteiger partial charge in [-0.2, -0.15) is 0 Å². The molecule has 0 aliphatic heterocycles. The number of hydrogen-bond donors (Lipinski definition) is 9. The van der Waals surface area contributed by atoms with Gasteiger partial charge in [0.25, 0.3) is 0 Å². The summed E-state index contributed by atoms with van der Waals surface area (Å²) in [5.41, 5.74) is 6.93. The summed E-state index contributed by atoms with van der Waals surface area (Å²) >= 11 is 0. The molecule has 21 heteroatoms. The number of carboxylic acid groups (broad SMARTS) is 3. The van der Waals surface area contributed by atoms with Crippen LogP contribution in [0.5, 0.6) is 17.2 Å². The Bertz CT molecular complexity index is 3060. The molecule has 3 aromatic carbocycles. The molecule has 0 saturated heterocycles. The molecule has 21 nitrogen and oxygen atoms in total. The molecule has 6 aliphatic rings. The average Bonchev–Trinajstić information content (AvgIpc) is 1.53. The summed E-state index contributed by atoms with van der Waals surface area (Å²) < 4.78 is 32.4. The maximum absolute atomic E-state index is 12.0. The van der Waals surface area contributed by atoms with Crippen LogP contribution in [-0.2, 0) is 81.5 Å². The Hall–Kier alpha value is -6.36. The number of hydrogen-bond acceptors (Lipinski definition) is 18. The summed E-state index contributed by atoms with van der Waals surface area (Å²) in [6.07, 6.45) is 24.0. The Kier molecular flexibility index (Phi) is 35.6. The zero-order valence-electron chi connectivity index (χ0n) is 60.9. The Balaban J connectivity index is 0.000000215. The Morgan fingerprint density at radius 3 is 1.02 bits per heavy atom. The van der Waals surface area contributed by atoms with Crippen LogP contribution in [0, 0.1) is 53.3 Å². The number of esters is 3. The van der Waals surface area contributed by atoms with Gasteiger partial charge in [-0.1, -0.05) is 115 Å². The second kappa shape index (κ2) is 43.8. The highest BCUT2D eigenvalue weighted by molar-refractivity contribution is 5.73. The lowest BCUT2D eigenvalue weighted by Crippen LogP contribution is -2.28. The number of benzene rings is 3. The SMILES string of the molecule is CCCCC[C@H](O)CC[C@@H]1[C@H]2Cc3cccc(OCC(=O)OCCC(=O)O)c3C[C@H]2C[C@H]1O.CCCCC[C@H](O)CC[C@@H]1[C@H]2Cc3cccc(OCC(=O)OCCCC(=O)O)c3C[C@H]2C[C@H]1O.CCCCC[C@H](O)CC[C@@H]1[C@H]2Cc3cccc(OCC(=O)OCCCCC(=O)O)c3C[C@H]2C[C@H]1O. The van der Waals surface area contributed by atoms with E-state index in [0.717, 1.165) is 190 Å². The third kappa shape index (κ3) is 26.7. The van der Waals surface area contributed by atoms with Crippen LogP contribution in [0.4, 0.5) is 0 Å². The highest BCUT2D eigenvalue weighted by atomic mass is 16.6. The highest BCUT2D eigenvalue weighted by Gasteiger charge is 2.48. The van der Waals surface area contributed by atoms with E-state index in [-0.39, 0.29) is 120 Å². The van der Waals surface area contributed by atoms with Gasteiger partial charge in [-0.05, 0) is 240 Å². The molecule has 102 heavy (non-hydrogen) atoms. The van der Waals surface area contributed by atoms with Crippen molar-refractivity contribution in [3.63, 3.8) is 0 Å². The summed E-state index contributed by atoms with van der Waals surface area (Å²) in [5.74, 6) is 0.669. The predicted octanol–water partition coefficient (Wildman–Crippen LogP) is 11.7. The fraction of sp³-hybridized carbons (Fsp3) is 0.704. The van der Waals surface area contributed by atoms with Crippen molar-refractivity contribution in [2.24, 2.45) is 53.3 Å². The van der Waals surface area contributed by atoms with E-state index in [1.165, 1.54) is 16.7 Å². The molecule has 0 radical (unpaired) electrons. The van der Waals surface area contributed by atoms with Gasteiger partial charge in [-0.3, -0.25) is 14.4 Å². The van der Waals surface area contributed by atoms with Gasteiger partial charge < -0.3 is 74.4 Å².